The number of hydrogen-bond acceptors (Lipinski definition) is 4. The van der Waals surface area contributed by atoms with Gasteiger partial charge in [0.15, 0.2) is 0 Å². The van der Waals surface area contributed by atoms with Crippen molar-refractivity contribution >= 4 is 22.1 Å². The Hall–Kier alpha value is -1.81. The molecule has 0 radical (unpaired) electrons. The second-order valence-electron chi connectivity index (χ2n) is 5.35. The molecule has 4 nitrogen and oxygen atoms in total. The molecule has 0 amide bonds. The second kappa shape index (κ2) is 7.10. The number of nitrogens with one attached hydrogen (secondary N) is 1. The van der Waals surface area contributed by atoms with Crippen LogP contribution in [0.25, 0.3) is 10.8 Å². The van der Waals surface area contributed by atoms with Crippen molar-refractivity contribution in [1.82, 2.24) is 4.98 Å². The molecule has 0 unspecified atom stereocenters. The summed E-state index contributed by atoms with van der Waals surface area (Å²) in [5.74, 6) is 0.691. The Morgan fingerprint density at radius 2 is 2.05 bits per heavy atom. The molecule has 0 bridgehead atoms. The van der Waals surface area contributed by atoms with E-state index in [9.17, 15) is 0 Å². The van der Waals surface area contributed by atoms with E-state index < -0.39 is 0 Å². The van der Waals surface area contributed by atoms with Crippen molar-refractivity contribution in [3.05, 3.63) is 30.6 Å². The van der Waals surface area contributed by atoms with Gasteiger partial charge in [-0.1, -0.05) is 13.8 Å². The molecule has 0 aliphatic heterocycles. The number of nitrogens with two attached hydrogens (primary N) is 1. The third-order valence-electron chi connectivity index (χ3n) is 3.25. The fourth-order valence-corrected chi connectivity index (χ4v) is 2.05. The normalized spacial score (nSPS) is 11.2. The van der Waals surface area contributed by atoms with Crippen molar-refractivity contribution in [2.24, 2.45) is 5.92 Å². The summed E-state index contributed by atoms with van der Waals surface area (Å²) in [6, 6.07) is 5.89. The van der Waals surface area contributed by atoms with Crippen molar-refractivity contribution in [2.75, 3.05) is 30.8 Å². The number of hydrogen-bond donors (Lipinski definition) is 2. The molecule has 0 aliphatic rings. The quantitative estimate of drug-likeness (QED) is 0.600. The maximum atomic E-state index is 5.96. The smallest absolute Gasteiger partial charge is 0.0639 e. The second-order valence-corrected chi connectivity index (χ2v) is 5.35. The van der Waals surface area contributed by atoms with Gasteiger partial charge in [0.05, 0.1) is 6.61 Å². The first-order valence-corrected chi connectivity index (χ1v) is 7.12. The van der Waals surface area contributed by atoms with E-state index >= 15 is 0 Å². The van der Waals surface area contributed by atoms with Crippen LogP contribution >= 0.6 is 0 Å². The van der Waals surface area contributed by atoms with Crippen molar-refractivity contribution < 1.29 is 4.74 Å². The predicted octanol–water partition coefficient (Wildman–Crippen LogP) is 3.29. The van der Waals surface area contributed by atoms with E-state index in [2.05, 4.69) is 24.1 Å². The molecule has 4 heteroatoms. The summed E-state index contributed by atoms with van der Waals surface area (Å²) in [7, 11) is 0. The van der Waals surface area contributed by atoms with E-state index in [0.29, 0.717) is 12.5 Å². The summed E-state index contributed by atoms with van der Waals surface area (Å²) in [5.41, 5.74) is 7.78. The summed E-state index contributed by atoms with van der Waals surface area (Å²) < 4.78 is 5.60. The molecule has 0 fully saturated rings. The molecule has 20 heavy (non-hydrogen) atoms. The number of anilines is 2. The largest absolute Gasteiger partial charge is 0.398 e. The highest BCUT2D eigenvalue weighted by molar-refractivity contribution is 6.00. The fourth-order valence-electron chi connectivity index (χ4n) is 2.05. The average Bonchev–Trinajstić information content (AvgIpc) is 2.45. The Balaban J connectivity index is 1.89. The first-order chi connectivity index (χ1) is 9.68. The zero-order chi connectivity index (χ0) is 14.4. The Kier molecular flexibility index (Phi) is 5.18. The van der Waals surface area contributed by atoms with Gasteiger partial charge in [0.2, 0.25) is 0 Å². The van der Waals surface area contributed by atoms with Crippen molar-refractivity contribution in [3.8, 4) is 0 Å². The Morgan fingerprint density at radius 3 is 2.85 bits per heavy atom. The molecule has 1 aromatic carbocycles. The zero-order valence-electron chi connectivity index (χ0n) is 12.2. The summed E-state index contributed by atoms with van der Waals surface area (Å²) in [5, 5.41) is 5.48. The molecular weight excluding hydrogens is 250 g/mol. The van der Waals surface area contributed by atoms with Crippen LogP contribution in [0.15, 0.2) is 30.6 Å². The van der Waals surface area contributed by atoms with E-state index in [4.69, 9.17) is 10.5 Å². The first-order valence-electron chi connectivity index (χ1n) is 7.12. The van der Waals surface area contributed by atoms with Gasteiger partial charge < -0.3 is 15.8 Å². The van der Waals surface area contributed by atoms with Gasteiger partial charge in [-0.2, -0.15) is 0 Å². The van der Waals surface area contributed by atoms with Crippen LogP contribution in [0.2, 0.25) is 0 Å². The highest BCUT2D eigenvalue weighted by Crippen LogP contribution is 2.27. The van der Waals surface area contributed by atoms with Crippen LogP contribution in [0, 0.1) is 5.92 Å². The number of ether oxygens (including phenoxy) is 1. The minimum absolute atomic E-state index is 0.691. The lowest BCUT2D eigenvalue weighted by molar-refractivity contribution is 0.133. The Morgan fingerprint density at radius 1 is 1.20 bits per heavy atom. The molecular formula is C16H23N3O. The maximum absolute atomic E-state index is 5.96. The monoisotopic (exact) mass is 273 g/mol. The summed E-state index contributed by atoms with van der Waals surface area (Å²) in [6.45, 7) is 6.74. The van der Waals surface area contributed by atoms with Crippen LogP contribution in [-0.2, 0) is 4.74 Å². The molecule has 0 atom stereocenters. The van der Waals surface area contributed by atoms with Crippen LogP contribution in [0.5, 0.6) is 0 Å². The molecule has 0 saturated carbocycles. The van der Waals surface area contributed by atoms with Gasteiger partial charge in [-0.05, 0) is 30.5 Å². The van der Waals surface area contributed by atoms with Gasteiger partial charge in [0.1, 0.15) is 0 Å². The lowest BCUT2D eigenvalue weighted by Crippen LogP contribution is -2.11. The molecule has 2 aromatic rings. The average molecular weight is 273 g/mol. The lowest BCUT2D eigenvalue weighted by Gasteiger charge is -2.11. The molecule has 0 aliphatic carbocycles. The predicted molar refractivity (Wildman–Crippen MR) is 84.9 cm³/mol. The molecule has 0 saturated heterocycles. The first kappa shape index (κ1) is 14.6. The van der Waals surface area contributed by atoms with Gasteiger partial charge in [0.25, 0.3) is 0 Å². The lowest BCUT2D eigenvalue weighted by atomic mass is 10.1. The van der Waals surface area contributed by atoms with Crippen LogP contribution in [0.3, 0.4) is 0 Å². The summed E-state index contributed by atoms with van der Waals surface area (Å²) in [4.78, 5) is 4.12. The molecule has 0 spiro atoms. The number of nitrogens with zero attached hydrogens (tertiary/aromatic N) is 1. The van der Waals surface area contributed by atoms with Crippen LogP contribution in [0.1, 0.15) is 20.3 Å². The van der Waals surface area contributed by atoms with Gasteiger partial charge in [-0.25, -0.2) is 0 Å². The van der Waals surface area contributed by atoms with E-state index in [1.807, 2.05) is 18.2 Å². The van der Waals surface area contributed by atoms with Gasteiger partial charge in [-0.3, -0.25) is 4.98 Å². The van der Waals surface area contributed by atoms with Crippen LogP contribution in [0.4, 0.5) is 11.4 Å². The number of aromatic nitrogens is 1. The highest BCUT2D eigenvalue weighted by atomic mass is 16.5. The van der Waals surface area contributed by atoms with E-state index in [0.717, 1.165) is 41.7 Å². The third-order valence-corrected chi connectivity index (χ3v) is 3.25. The van der Waals surface area contributed by atoms with Crippen molar-refractivity contribution in [1.29, 1.82) is 0 Å². The Labute approximate surface area is 120 Å². The number of rotatable bonds is 7. The number of fused-ring (bicyclic) bond motifs is 1. The molecule has 2 rings (SSSR count). The molecule has 1 heterocycles. The van der Waals surface area contributed by atoms with Crippen molar-refractivity contribution in [2.45, 2.75) is 20.3 Å². The summed E-state index contributed by atoms with van der Waals surface area (Å²) >= 11 is 0. The zero-order valence-corrected chi connectivity index (χ0v) is 12.2. The SMILES string of the molecule is CC(C)CCOCCNc1ccc(N)c2cnccc12. The van der Waals surface area contributed by atoms with Gasteiger partial charge >= 0.3 is 0 Å². The van der Waals surface area contributed by atoms with E-state index in [1.165, 1.54) is 0 Å². The third kappa shape index (κ3) is 3.84. The van der Waals surface area contributed by atoms with Gasteiger partial charge in [-0.15, -0.1) is 0 Å². The highest BCUT2D eigenvalue weighted by Gasteiger charge is 2.03. The number of benzene rings is 1. The topological polar surface area (TPSA) is 60.2 Å². The van der Waals surface area contributed by atoms with Crippen molar-refractivity contribution in [3.63, 3.8) is 0 Å². The van der Waals surface area contributed by atoms with Gasteiger partial charge in [0, 0.05) is 47.7 Å². The Bertz CT molecular complexity index is 554. The molecule has 108 valence electrons. The molecule has 3 N–H and O–H groups in total. The van der Waals surface area contributed by atoms with E-state index in [1.54, 1.807) is 12.4 Å². The van der Waals surface area contributed by atoms with E-state index in [-0.39, 0.29) is 0 Å². The minimum Gasteiger partial charge on any atom is -0.398 e. The summed E-state index contributed by atoms with van der Waals surface area (Å²) in [6.07, 6.45) is 4.69. The van der Waals surface area contributed by atoms with Crippen LogP contribution in [-0.4, -0.2) is 24.7 Å². The fraction of sp³-hybridized carbons (Fsp3) is 0.438. The maximum Gasteiger partial charge on any atom is 0.0639 e. The minimum atomic E-state index is 0.691. The number of pyridine rings is 1. The number of nitrogen functional groups attached to an aromatic ring is 1. The standard InChI is InChI=1S/C16H23N3O/c1-12(2)6-9-20-10-8-19-16-4-3-15(17)14-11-18-7-5-13(14)16/h3-5,7,11-12,19H,6,8-10,17H2,1-2H3. The van der Waals surface area contributed by atoms with Crippen LogP contribution < -0.4 is 11.1 Å². The molecule has 1 aromatic heterocycles.